The standard InChI is InChI=1S/C16H21N5/c1-16(2,3)15-19-13-11-12(17)5-6-14(13)21(15)10-9-20-8-4-7-18-20/h4-8,11H,9-10,17H2,1-3H3. The Morgan fingerprint density at radius 2 is 2.00 bits per heavy atom. The molecule has 0 saturated heterocycles. The van der Waals surface area contributed by atoms with Gasteiger partial charge in [0, 0.05) is 30.0 Å². The van der Waals surface area contributed by atoms with E-state index in [1.807, 2.05) is 29.1 Å². The van der Waals surface area contributed by atoms with Crippen LogP contribution in [0.5, 0.6) is 0 Å². The first-order chi connectivity index (χ1) is 9.95. The van der Waals surface area contributed by atoms with E-state index in [0.29, 0.717) is 0 Å². The van der Waals surface area contributed by atoms with E-state index in [1.165, 1.54) is 0 Å². The molecule has 0 bridgehead atoms. The Morgan fingerprint density at radius 3 is 2.67 bits per heavy atom. The van der Waals surface area contributed by atoms with Gasteiger partial charge in [-0.15, -0.1) is 0 Å². The second-order valence-electron chi connectivity index (χ2n) is 6.35. The molecule has 0 fully saturated rings. The van der Waals surface area contributed by atoms with Crippen LogP contribution in [0.15, 0.2) is 36.7 Å². The highest BCUT2D eigenvalue weighted by Gasteiger charge is 2.22. The van der Waals surface area contributed by atoms with E-state index >= 15 is 0 Å². The van der Waals surface area contributed by atoms with Crippen LogP contribution in [0.2, 0.25) is 0 Å². The number of anilines is 1. The minimum absolute atomic E-state index is 0.0160. The van der Waals surface area contributed by atoms with E-state index in [0.717, 1.165) is 35.6 Å². The number of benzene rings is 1. The fourth-order valence-electron chi connectivity index (χ4n) is 2.58. The van der Waals surface area contributed by atoms with Gasteiger partial charge in [-0.05, 0) is 24.3 Å². The van der Waals surface area contributed by atoms with Gasteiger partial charge in [-0.2, -0.15) is 5.10 Å². The van der Waals surface area contributed by atoms with Crippen LogP contribution >= 0.6 is 0 Å². The van der Waals surface area contributed by atoms with E-state index in [9.17, 15) is 0 Å². The third kappa shape index (κ3) is 2.63. The van der Waals surface area contributed by atoms with E-state index < -0.39 is 0 Å². The SMILES string of the molecule is CC(C)(C)c1nc2cc(N)ccc2n1CCn1cccn1. The fourth-order valence-corrected chi connectivity index (χ4v) is 2.58. The molecule has 5 nitrogen and oxygen atoms in total. The molecule has 3 aromatic rings. The predicted octanol–water partition coefficient (Wildman–Crippen LogP) is 2.81. The molecule has 0 saturated carbocycles. The van der Waals surface area contributed by atoms with Crippen LogP contribution in [0.1, 0.15) is 26.6 Å². The summed E-state index contributed by atoms with van der Waals surface area (Å²) in [5, 5.41) is 4.26. The minimum atomic E-state index is -0.0160. The van der Waals surface area contributed by atoms with E-state index in [4.69, 9.17) is 10.7 Å². The summed E-state index contributed by atoms with van der Waals surface area (Å²) in [5.74, 6) is 1.08. The van der Waals surface area contributed by atoms with Gasteiger partial charge in [0.2, 0.25) is 0 Å². The number of nitrogen functional groups attached to an aromatic ring is 1. The third-order valence-electron chi connectivity index (χ3n) is 3.56. The summed E-state index contributed by atoms with van der Waals surface area (Å²) in [6, 6.07) is 7.86. The molecular weight excluding hydrogens is 262 g/mol. The number of aryl methyl sites for hydroxylation is 2. The van der Waals surface area contributed by atoms with Crippen molar-refractivity contribution in [2.24, 2.45) is 0 Å². The second-order valence-corrected chi connectivity index (χ2v) is 6.35. The Bertz CT molecular complexity index is 747. The number of hydrogen-bond acceptors (Lipinski definition) is 3. The van der Waals surface area contributed by atoms with Gasteiger partial charge >= 0.3 is 0 Å². The summed E-state index contributed by atoms with van der Waals surface area (Å²) >= 11 is 0. The highest BCUT2D eigenvalue weighted by atomic mass is 15.3. The molecule has 0 atom stereocenters. The average Bonchev–Trinajstić information content (AvgIpc) is 3.01. The maximum Gasteiger partial charge on any atom is 0.115 e. The van der Waals surface area contributed by atoms with Crippen molar-refractivity contribution < 1.29 is 0 Å². The smallest absolute Gasteiger partial charge is 0.115 e. The van der Waals surface area contributed by atoms with Crippen molar-refractivity contribution in [3.63, 3.8) is 0 Å². The van der Waals surface area contributed by atoms with Crippen LogP contribution in [0.4, 0.5) is 5.69 Å². The van der Waals surface area contributed by atoms with Crippen LogP contribution in [0, 0.1) is 0 Å². The molecule has 0 amide bonds. The van der Waals surface area contributed by atoms with Gasteiger partial charge in [-0.25, -0.2) is 4.98 Å². The molecule has 2 heterocycles. The van der Waals surface area contributed by atoms with Crippen LogP contribution < -0.4 is 5.73 Å². The van der Waals surface area contributed by atoms with E-state index in [2.05, 4.69) is 36.5 Å². The van der Waals surface area contributed by atoms with Gasteiger partial charge in [0.25, 0.3) is 0 Å². The molecular formula is C16H21N5. The summed E-state index contributed by atoms with van der Waals surface area (Å²) in [5.41, 5.74) is 8.70. The van der Waals surface area contributed by atoms with Crippen molar-refractivity contribution in [2.45, 2.75) is 39.3 Å². The Hall–Kier alpha value is -2.30. The number of aromatic nitrogens is 4. The van der Waals surface area contributed by atoms with Crippen molar-refractivity contribution in [3.05, 3.63) is 42.5 Å². The van der Waals surface area contributed by atoms with Gasteiger partial charge in [0.05, 0.1) is 17.6 Å². The average molecular weight is 283 g/mol. The number of hydrogen-bond donors (Lipinski definition) is 1. The highest BCUT2D eigenvalue weighted by Crippen LogP contribution is 2.27. The van der Waals surface area contributed by atoms with Crippen molar-refractivity contribution in [3.8, 4) is 0 Å². The van der Waals surface area contributed by atoms with Crippen LogP contribution in [-0.4, -0.2) is 19.3 Å². The zero-order valence-electron chi connectivity index (χ0n) is 12.7. The van der Waals surface area contributed by atoms with Gasteiger partial charge in [0.1, 0.15) is 5.82 Å². The molecule has 0 radical (unpaired) electrons. The monoisotopic (exact) mass is 283 g/mol. The van der Waals surface area contributed by atoms with E-state index in [-0.39, 0.29) is 5.41 Å². The summed E-state index contributed by atoms with van der Waals surface area (Å²) in [6.45, 7) is 8.21. The van der Waals surface area contributed by atoms with Gasteiger partial charge < -0.3 is 10.3 Å². The Morgan fingerprint density at radius 1 is 1.19 bits per heavy atom. The summed E-state index contributed by atoms with van der Waals surface area (Å²) in [7, 11) is 0. The summed E-state index contributed by atoms with van der Waals surface area (Å²) in [6.07, 6.45) is 3.78. The maximum absolute atomic E-state index is 5.88. The summed E-state index contributed by atoms with van der Waals surface area (Å²) in [4.78, 5) is 4.80. The molecule has 110 valence electrons. The first-order valence-electron chi connectivity index (χ1n) is 7.19. The largest absolute Gasteiger partial charge is 0.399 e. The van der Waals surface area contributed by atoms with Crippen molar-refractivity contribution in [2.75, 3.05) is 5.73 Å². The topological polar surface area (TPSA) is 61.7 Å². The van der Waals surface area contributed by atoms with Crippen LogP contribution in [-0.2, 0) is 18.5 Å². The lowest BCUT2D eigenvalue weighted by molar-refractivity contribution is 0.470. The lowest BCUT2D eigenvalue weighted by atomic mass is 9.95. The molecule has 0 aliphatic heterocycles. The number of imidazole rings is 1. The van der Waals surface area contributed by atoms with Crippen LogP contribution in [0.25, 0.3) is 11.0 Å². The Labute approximate surface area is 124 Å². The summed E-state index contributed by atoms with van der Waals surface area (Å²) < 4.78 is 4.21. The first kappa shape index (κ1) is 13.7. The van der Waals surface area contributed by atoms with E-state index in [1.54, 1.807) is 6.20 Å². The second kappa shape index (κ2) is 4.91. The molecule has 1 aromatic carbocycles. The zero-order chi connectivity index (χ0) is 15.0. The molecule has 3 rings (SSSR count). The highest BCUT2D eigenvalue weighted by molar-refractivity contribution is 5.79. The molecule has 5 heteroatoms. The first-order valence-corrected chi connectivity index (χ1v) is 7.19. The Balaban J connectivity index is 2.05. The third-order valence-corrected chi connectivity index (χ3v) is 3.56. The molecule has 0 spiro atoms. The lowest BCUT2D eigenvalue weighted by Gasteiger charge is -2.20. The van der Waals surface area contributed by atoms with Crippen molar-refractivity contribution >= 4 is 16.7 Å². The van der Waals surface area contributed by atoms with Gasteiger partial charge in [-0.1, -0.05) is 20.8 Å². The molecule has 2 aromatic heterocycles. The fraction of sp³-hybridized carbons (Fsp3) is 0.375. The number of fused-ring (bicyclic) bond motifs is 1. The number of nitrogens with zero attached hydrogens (tertiary/aromatic N) is 4. The lowest BCUT2D eigenvalue weighted by Crippen LogP contribution is -2.20. The van der Waals surface area contributed by atoms with Crippen molar-refractivity contribution in [1.82, 2.24) is 19.3 Å². The molecule has 0 aliphatic rings. The number of rotatable bonds is 3. The normalized spacial score (nSPS) is 12.1. The quantitative estimate of drug-likeness (QED) is 0.752. The number of nitrogens with two attached hydrogens (primary N) is 1. The molecule has 0 aliphatic carbocycles. The van der Waals surface area contributed by atoms with Gasteiger partial charge in [0.15, 0.2) is 0 Å². The molecule has 0 unspecified atom stereocenters. The van der Waals surface area contributed by atoms with Crippen LogP contribution in [0.3, 0.4) is 0 Å². The molecule has 21 heavy (non-hydrogen) atoms. The minimum Gasteiger partial charge on any atom is -0.399 e. The Kier molecular flexibility index (Phi) is 3.20. The van der Waals surface area contributed by atoms with Gasteiger partial charge in [-0.3, -0.25) is 4.68 Å². The molecule has 2 N–H and O–H groups in total. The van der Waals surface area contributed by atoms with Crippen molar-refractivity contribution in [1.29, 1.82) is 0 Å². The maximum atomic E-state index is 5.88. The zero-order valence-corrected chi connectivity index (χ0v) is 12.7. The predicted molar refractivity (Wildman–Crippen MR) is 85.1 cm³/mol.